The first-order valence-electron chi connectivity index (χ1n) is 9.07. The Morgan fingerprint density at radius 3 is 2.20 bits per heavy atom. The number of aromatic nitrogens is 1. The summed E-state index contributed by atoms with van der Waals surface area (Å²) in [6.45, 7) is 1.02. The molecule has 0 saturated carbocycles. The highest BCUT2D eigenvalue weighted by Crippen LogP contribution is 2.33. The number of carbonyl (C=O) groups is 1. The SMILES string of the molecule is O=C(O)c1cccc(N2CC(Oc3ccc(OC(F)(F)F)cc3)C2)c1-n1cccc1. The highest BCUT2D eigenvalue weighted by atomic mass is 19.4. The van der Waals surface area contributed by atoms with Crippen LogP contribution in [0.5, 0.6) is 11.5 Å². The van der Waals surface area contributed by atoms with Gasteiger partial charge in [0.05, 0.1) is 30.0 Å². The van der Waals surface area contributed by atoms with Crippen molar-refractivity contribution in [2.75, 3.05) is 18.0 Å². The highest BCUT2D eigenvalue weighted by Gasteiger charge is 2.33. The maximum atomic E-state index is 12.2. The van der Waals surface area contributed by atoms with Crippen molar-refractivity contribution in [1.82, 2.24) is 4.57 Å². The molecule has 0 amide bonds. The van der Waals surface area contributed by atoms with Gasteiger partial charge in [-0.05, 0) is 48.5 Å². The Labute approximate surface area is 169 Å². The van der Waals surface area contributed by atoms with Crippen molar-refractivity contribution in [3.8, 4) is 17.2 Å². The summed E-state index contributed by atoms with van der Waals surface area (Å²) in [7, 11) is 0. The van der Waals surface area contributed by atoms with Crippen molar-refractivity contribution in [3.63, 3.8) is 0 Å². The number of nitrogens with zero attached hydrogens (tertiary/aromatic N) is 2. The summed E-state index contributed by atoms with van der Waals surface area (Å²) in [5, 5.41) is 9.56. The Morgan fingerprint density at radius 2 is 1.60 bits per heavy atom. The normalized spacial score (nSPS) is 14.3. The first-order chi connectivity index (χ1) is 14.3. The van der Waals surface area contributed by atoms with Crippen LogP contribution < -0.4 is 14.4 Å². The molecule has 1 aliphatic rings. The molecule has 0 spiro atoms. The third-order valence-corrected chi connectivity index (χ3v) is 4.66. The number of carboxylic acid groups (broad SMARTS) is 1. The van der Waals surface area contributed by atoms with Crippen molar-refractivity contribution < 1.29 is 32.5 Å². The van der Waals surface area contributed by atoms with E-state index in [1.165, 1.54) is 24.3 Å². The van der Waals surface area contributed by atoms with E-state index in [9.17, 15) is 23.1 Å². The van der Waals surface area contributed by atoms with Crippen molar-refractivity contribution in [2.24, 2.45) is 0 Å². The van der Waals surface area contributed by atoms with Crippen LogP contribution in [0.25, 0.3) is 5.69 Å². The van der Waals surface area contributed by atoms with Crippen LogP contribution in [0.15, 0.2) is 67.0 Å². The number of alkyl halides is 3. The average molecular weight is 418 g/mol. The Morgan fingerprint density at radius 1 is 0.967 bits per heavy atom. The predicted molar refractivity (Wildman–Crippen MR) is 102 cm³/mol. The van der Waals surface area contributed by atoms with Crippen LogP contribution in [0.2, 0.25) is 0 Å². The number of carboxylic acids is 1. The molecule has 156 valence electrons. The van der Waals surface area contributed by atoms with Gasteiger partial charge in [-0.3, -0.25) is 0 Å². The lowest BCUT2D eigenvalue weighted by Crippen LogP contribution is -2.54. The van der Waals surface area contributed by atoms with Crippen molar-refractivity contribution in [1.29, 1.82) is 0 Å². The number of ether oxygens (including phenoxy) is 2. The molecule has 4 rings (SSSR count). The number of hydrogen-bond acceptors (Lipinski definition) is 4. The van der Waals surface area contributed by atoms with E-state index >= 15 is 0 Å². The van der Waals surface area contributed by atoms with Gasteiger partial charge in [0.25, 0.3) is 0 Å². The zero-order valence-corrected chi connectivity index (χ0v) is 15.5. The molecule has 1 fully saturated rings. The average Bonchev–Trinajstić information content (AvgIpc) is 3.18. The van der Waals surface area contributed by atoms with Crippen LogP contribution in [0.1, 0.15) is 10.4 Å². The van der Waals surface area contributed by atoms with E-state index < -0.39 is 12.3 Å². The van der Waals surface area contributed by atoms with Crippen molar-refractivity contribution in [2.45, 2.75) is 12.5 Å². The topological polar surface area (TPSA) is 63.9 Å². The lowest BCUT2D eigenvalue weighted by atomic mass is 10.1. The largest absolute Gasteiger partial charge is 0.573 e. The Bertz CT molecular complexity index is 1030. The van der Waals surface area contributed by atoms with Gasteiger partial charge >= 0.3 is 12.3 Å². The number of para-hydroxylation sites is 1. The quantitative estimate of drug-likeness (QED) is 0.645. The molecule has 1 aliphatic heterocycles. The smallest absolute Gasteiger partial charge is 0.487 e. The lowest BCUT2D eigenvalue weighted by Gasteiger charge is -2.41. The van der Waals surface area contributed by atoms with Gasteiger partial charge < -0.3 is 24.0 Å². The standard InChI is InChI=1S/C21H17F3N2O4/c22-21(23,24)30-15-8-6-14(7-9-15)29-16-12-26(13-16)18-5-3-4-17(20(27)28)19(18)25-10-1-2-11-25/h1-11,16H,12-13H2,(H,27,28). The van der Waals surface area contributed by atoms with Gasteiger partial charge in [-0.1, -0.05) is 6.07 Å². The monoisotopic (exact) mass is 418 g/mol. The molecule has 2 heterocycles. The zero-order chi connectivity index (χ0) is 21.3. The van der Waals surface area contributed by atoms with E-state index in [4.69, 9.17) is 4.74 Å². The number of hydrogen-bond donors (Lipinski definition) is 1. The Kier molecular flexibility index (Phi) is 5.03. The summed E-state index contributed by atoms with van der Waals surface area (Å²) >= 11 is 0. The minimum absolute atomic E-state index is 0.176. The van der Waals surface area contributed by atoms with Crippen LogP contribution in [0.3, 0.4) is 0 Å². The van der Waals surface area contributed by atoms with Crippen LogP contribution in [0, 0.1) is 0 Å². The number of rotatable bonds is 6. The maximum absolute atomic E-state index is 12.2. The molecule has 3 aromatic rings. The van der Waals surface area contributed by atoms with Crippen molar-refractivity contribution in [3.05, 3.63) is 72.6 Å². The summed E-state index contributed by atoms with van der Waals surface area (Å²) in [5.41, 5.74) is 1.52. The molecule has 0 aliphatic carbocycles. The van der Waals surface area contributed by atoms with Crippen LogP contribution >= 0.6 is 0 Å². The number of anilines is 1. The predicted octanol–water partition coefficient (Wildman–Crippen LogP) is 4.34. The third-order valence-electron chi connectivity index (χ3n) is 4.66. The molecule has 0 radical (unpaired) electrons. The van der Waals surface area contributed by atoms with E-state index in [0.717, 1.165) is 5.69 Å². The Hall–Kier alpha value is -3.62. The van der Waals surface area contributed by atoms with Gasteiger partial charge in [-0.25, -0.2) is 4.79 Å². The van der Waals surface area contributed by atoms with Gasteiger partial charge in [-0.2, -0.15) is 0 Å². The zero-order valence-electron chi connectivity index (χ0n) is 15.5. The van der Waals surface area contributed by atoms with Gasteiger partial charge in [0.2, 0.25) is 0 Å². The minimum Gasteiger partial charge on any atom is -0.487 e. The fraction of sp³-hybridized carbons (Fsp3) is 0.190. The molecule has 6 nitrogen and oxygen atoms in total. The summed E-state index contributed by atoms with van der Waals surface area (Å²) in [4.78, 5) is 13.7. The van der Waals surface area contributed by atoms with Crippen LogP contribution in [-0.2, 0) is 0 Å². The first kappa shape index (κ1) is 19.7. The second-order valence-corrected chi connectivity index (χ2v) is 6.73. The van der Waals surface area contributed by atoms with E-state index in [2.05, 4.69) is 4.74 Å². The molecule has 0 atom stereocenters. The molecule has 1 saturated heterocycles. The van der Waals surface area contributed by atoms with Crippen LogP contribution in [0.4, 0.5) is 18.9 Å². The summed E-state index contributed by atoms with van der Waals surface area (Å²) < 4.78 is 48.1. The van der Waals surface area contributed by atoms with Gasteiger partial charge in [-0.15, -0.1) is 13.2 Å². The summed E-state index contributed by atoms with van der Waals surface area (Å²) in [6.07, 6.45) is -1.35. The number of aromatic carboxylic acids is 1. The molecule has 1 aromatic heterocycles. The summed E-state index contributed by atoms with van der Waals surface area (Å²) in [5.74, 6) is -0.902. The van der Waals surface area contributed by atoms with Crippen molar-refractivity contribution >= 4 is 11.7 Å². The van der Waals surface area contributed by atoms with Crippen LogP contribution in [-0.4, -0.2) is 41.2 Å². The molecule has 30 heavy (non-hydrogen) atoms. The minimum atomic E-state index is -4.74. The molecule has 9 heteroatoms. The van der Waals surface area contributed by atoms with Gasteiger partial charge in [0.15, 0.2) is 0 Å². The number of benzene rings is 2. The second-order valence-electron chi connectivity index (χ2n) is 6.73. The number of halogens is 3. The molecule has 0 bridgehead atoms. The highest BCUT2D eigenvalue weighted by molar-refractivity contribution is 5.95. The molecule has 1 N–H and O–H groups in total. The van der Waals surface area contributed by atoms with E-state index in [-0.39, 0.29) is 17.4 Å². The van der Waals surface area contributed by atoms with E-state index in [1.54, 1.807) is 29.1 Å². The second kappa shape index (κ2) is 7.66. The maximum Gasteiger partial charge on any atom is 0.573 e. The fourth-order valence-electron chi connectivity index (χ4n) is 3.34. The Balaban J connectivity index is 1.45. The fourth-order valence-corrected chi connectivity index (χ4v) is 3.34. The van der Waals surface area contributed by atoms with E-state index in [1.807, 2.05) is 23.1 Å². The van der Waals surface area contributed by atoms with Gasteiger partial charge in [0, 0.05) is 12.4 Å². The molecular weight excluding hydrogens is 401 g/mol. The molecular formula is C21H17F3N2O4. The van der Waals surface area contributed by atoms with Gasteiger partial charge in [0.1, 0.15) is 17.6 Å². The third kappa shape index (κ3) is 4.19. The summed E-state index contributed by atoms with van der Waals surface area (Å²) in [6, 6.07) is 14.0. The lowest BCUT2D eigenvalue weighted by molar-refractivity contribution is -0.274. The molecule has 0 unspecified atom stereocenters. The van der Waals surface area contributed by atoms with E-state index in [0.29, 0.717) is 24.5 Å². The molecule has 2 aromatic carbocycles. The first-order valence-corrected chi connectivity index (χ1v) is 9.07.